The lowest BCUT2D eigenvalue weighted by molar-refractivity contribution is 0.0997. The van der Waals surface area contributed by atoms with Gasteiger partial charge in [-0.3, -0.25) is 14.7 Å². The van der Waals surface area contributed by atoms with Crippen LogP contribution in [0.4, 0.5) is 0 Å². The fraction of sp³-hybridized carbons (Fsp3) is 0.280. The number of carbonyl (C=O) groups is 1. The number of hydrogen-bond donors (Lipinski definition) is 0. The number of hydrogen-bond acceptors (Lipinski definition) is 4. The maximum Gasteiger partial charge on any atom is 0.177 e. The van der Waals surface area contributed by atoms with Crippen molar-refractivity contribution in [1.29, 1.82) is 0 Å². The summed E-state index contributed by atoms with van der Waals surface area (Å²) in [5, 5.41) is 2.07. The molecule has 4 heteroatoms. The Kier molecular flexibility index (Phi) is 5.74. The number of fused-ring (bicyclic) bond motifs is 2. The van der Waals surface area contributed by atoms with E-state index in [1.165, 1.54) is 22.3 Å². The van der Waals surface area contributed by atoms with Crippen LogP contribution in [0.1, 0.15) is 52.2 Å². The molecule has 148 valence electrons. The zero-order chi connectivity index (χ0) is 18.9. The Bertz CT molecular complexity index is 1040. The molecule has 3 nitrogen and oxygen atoms in total. The molecule has 3 heterocycles. The molecule has 3 aromatic rings. The highest BCUT2D eigenvalue weighted by molar-refractivity contribution is 7.12. The number of ketones is 1. The van der Waals surface area contributed by atoms with E-state index in [0.29, 0.717) is 6.42 Å². The number of pyridine rings is 1. The van der Waals surface area contributed by atoms with Crippen molar-refractivity contribution in [2.45, 2.75) is 33.2 Å². The second-order valence-corrected chi connectivity index (χ2v) is 8.45. The van der Waals surface area contributed by atoms with Gasteiger partial charge in [-0.15, -0.1) is 11.3 Å². The van der Waals surface area contributed by atoms with E-state index in [9.17, 15) is 4.79 Å². The predicted molar refractivity (Wildman–Crippen MR) is 120 cm³/mol. The molecular weight excluding hydrogens is 376 g/mol. The van der Waals surface area contributed by atoms with E-state index in [-0.39, 0.29) is 13.2 Å². The van der Waals surface area contributed by atoms with Crippen LogP contribution in [-0.4, -0.2) is 28.8 Å². The molecule has 2 aliphatic rings. The average Bonchev–Trinajstić information content (AvgIpc) is 3.17. The normalized spacial score (nSPS) is 16.6. The molecule has 1 fully saturated rings. The second-order valence-electron chi connectivity index (χ2n) is 7.53. The fourth-order valence-electron chi connectivity index (χ4n) is 4.40. The maximum absolute atomic E-state index is 12.8. The smallest absolute Gasteiger partial charge is 0.177 e. The standard InChI is InChI=1S/C24H22N2OS.CH4/c27-22-15-19-3-1-2-4-20(19)23(21-9-14-28-24(21)22)18-7-12-26(13-8-18)16-17-5-10-25-11-6-17;/h1-6,9-11,14H,7-8,12-13,15-16H2;1H4. The number of Topliss-reactive ketones (excluding diaryl/α,β-unsaturated/α-hetero) is 1. The molecule has 1 aliphatic carbocycles. The van der Waals surface area contributed by atoms with Gasteiger partial charge in [-0.05, 0) is 58.7 Å². The summed E-state index contributed by atoms with van der Waals surface area (Å²) in [6, 6.07) is 14.8. The van der Waals surface area contributed by atoms with Crippen LogP contribution in [0.25, 0.3) is 5.57 Å². The van der Waals surface area contributed by atoms with Gasteiger partial charge in [0, 0.05) is 44.0 Å². The number of aromatic nitrogens is 1. The third kappa shape index (κ3) is 3.83. The van der Waals surface area contributed by atoms with Crippen LogP contribution in [0, 0.1) is 0 Å². The van der Waals surface area contributed by atoms with Gasteiger partial charge < -0.3 is 0 Å². The van der Waals surface area contributed by atoms with Crippen molar-refractivity contribution in [2.75, 3.05) is 13.1 Å². The first kappa shape index (κ1) is 19.7. The van der Waals surface area contributed by atoms with Gasteiger partial charge in [-0.25, -0.2) is 0 Å². The highest BCUT2D eigenvalue weighted by Gasteiger charge is 2.27. The van der Waals surface area contributed by atoms with Gasteiger partial charge in [-0.1, -0.05) is 37.3 Å². The fourth-order valence-corrected chi connectivity index (χ4v) is 5.24. The third-order valence-electron chi connectivity index (χ3n) is 5.79. The van der Waals surface area contributed by atoms with Crippen molar-refractivity contribution >= 4 is 22.7 Å². The first-order chi connectivity index (χ1) is 13.8. The number of nitrogens with zero attached hydrogens (tertiary/aromatic N) is 2. The van der Waals surface area contributed by atoms with Gasteiger partial charge in [0.1, 0.15) is 0 Å². The van der Waals surface area contributed by atoms with Crippen molar-refractivity contribution in [3.05, 3.63) is 92.9 Å². The van der Waals surface area contributed by atoms with Crippen LogP contribution in [0.2, 0.25) is 0 Å². The predicted octanol–water partition coefficient (Wildman–Crippen LogP) is 5.62. The van der Waals surface area contributed by atoms with Crippen molar-refractivity contribution < 1.29 is 4.79 Å². The van der Waals surface area contributed by atoms with Crippen LogP contribution < -0.4 is 0 Å². The third-order valence-corrected chi connectivity index (χ3v) is 6.75. The van der Waals surface area contributed by atoms with Gasteiger partial charge in [0.25, 0.3) is 0 Å². The highest BCUT2D eigenvalue weighted by atomic mass is 32.1. The summed E-state index contributed by atoms with van der Waals surface area (Å²) in [4.78, 5) is 20.3. The molecule has 1 aromatic carbocycles. The van der Waals surface area contributed by atoms with Gasteiger partial charge >= 0.3 is 0 Å². The minimum absolute atomic E-state index is 0. The Morgan fingerprint density at radius 1 is 0.966 bits per heavy atom. The van der Waals surface area contributed by atoms with E-state index >= 15 is 0 Å². The van der Waals surface area contributed by atoms with Crippen molar-refractivity contribution in [3.8, 4) is 0 Å². The second kappa shape index (κ2) is 8.44. The van der Waals surface area contributed by atoms with Crippen molar-refractivity contribution in [2.24, 2.45) is 0 Å². The molecule has 0 radical (unpaired) electrons. The SMILES string of the molecule is C.O=C1Cc2ccccc2C(=C2CCN(Cc3ccncc3)CC2)c2ccsc21. The quantitative estimate of drug-likeness (QED) is 0.558. The largest absolute Gasteiger partial charge is 0.298 e. The molecule has 29 heavy (non-hydrogen) atoms. The minimum Gasteiger partial charge on any atom is -0.298 e. The lowest BCUT2D eigenvalue weighted by atomic mass is 9.87. The van der Waals surface area contributed by atoms with Gasteiger partial charge in [0.2, 0.25) is 0 Å². The molecule has 0 spiro atoms. The Morgan fingerprint density at radius 3 is 2.52 bits per heavy atom. The molecule has 1 saturated heterocycles. The summed E-state index contributed by atoms with van der Waals surface area (Å²) in [6.07, 6.45) is 6.35. The van der Waals surface area contributed by atoms with E-state index in [0.717, 1.165) is 48.5 Å². The number of thiophene rings is 1. The molecule has 0 amide bonds. The Labute approximate surface area is 176 Å². The van der Waals surface area contributed by atoms with Crippen LogP contribution in [-0.2, 0) is 13.0 Å². The topological polar surface area (TPSA) is 33.2 Å². The molecular formula is C25H26N2OS. The Hall–Kier alpha value is -2.56. The molecule has 0 saturated carbocycles. The van der Waals surface area contributed by atoms with E-state index in [4.69, 9.17) is 0 Å². The first-order valence-electron chi connectivity index (χ1n) is 9.82. The molecule has 0 unspecified atom stereocenters. The molecule has 2 aromatic heterocycles. The first-order valence-corrected chi connectivity index (χ1v) is 10.7. The summed E-state index contributed by atoms with van der Waals surface area (Å²) >= 11 is 1.59. The number of rotatable bonds is 2. The average molecular weight is 403 g/mol. The summed E-state index contributed by atoms with van der Waals surface area (Å²) in [5.74, 6) is 0.253. The minimum atomic E-state index is 0. The summed E-state index contributed by atoms with van der Waals surface area (Å²) < 4.78 is 0. The van der Waals surface area contributed by atoms with Crippen LogP contribution in [0.15, 0.2) is 65.8 Å². The van der Waals surface area contributed by atoms with Crippen LogP contribution in [0.3, 0.4) is 0 Å². The Balaban J connectivity index is 0.00000205. The molecule has 0 bridgehead atoms. The molecule has 5 rings (SSSR count). The summed E-state index contributed by atoms with van der Waals surface area (Å²) in [6.45, 7) is 3.08. The van der Waals surface area contributed by atoms with E-state index in [1.807, 2.05) is 18.5 Å². The lowest BCUT2D eigenvalue weighted by Crippen LogP contribution is -2.30. The summed E-state index contributed by atoms with van der Waals surface area (Å²) in [5.41, 5.74) is 7.70. The number of carbonyl (C=O) groups excluding carboxylic acids is 1. The zero-order valence-electron chi connectivity index (χ0n) is 15.7. The molecule has 1 aliphatic heterocycles. The number of likely N-dealkylation sites (tertiary alicyclic amines) is 1. The van der Waals surface area contributed by atoms with Crippen molar-refractivity contribution in [1.82, 2.24) is 9.88 Å². The monoisotopic (exact) mass is 402 g/mol. The number of piperidine rings is 1. The Morgan fingerprint density at radius 2 is 1.72 bits per heavy atom. The van der Waals surface area contributed by atoms with Gasteiger partial charge in [-0.2, -0.15) is 0 Å². The number of benzene rings is 1. The van der Waals surface area contributed by atoms with Gasteiger partial charge in [0.05, 0.1) is 4.88 Å². The van der Waals surface area contributed by atoms with E-state index in [2.05, 4.69) is 51.7 Å². The van der Waals surface area contributed by atoms with Crippen LogP contribution in [0.5, 0.6) is 0 Å². The van der Waals surface area contributed by atoms with Gasteiger partial charge in [0.15, 0.2) is 5.78 Å². The maximum atomic E-state index is 12.8. The van der Waals surface area contributed by atoms with E-state index < -0.39 is 0 Å². The lowest BCUT2D eigenvalue weighted by Gasteiger charge is -2.30. The van der Waals surface area contributed by atoms with Crippen molar-refractivity contribution in [3.63, 3.8) is 0 Å². The summed E-state index contributed by atoms with van der Waals surface area (Å²) in [7, 11) is 0. The highest BCUT2D eigenvalue weighted by Crippen LogP contribution is 2.40. The van der Waals surface area contributed by atoms with E-state index in [1.54, 1.807) is 11.3 Å². The molecule has 0 atom stereocenters. The molecule has 0 N–H and O–H groups in total. The zero-order valence-corrected chi connectivity index (χ0v) is 16.5. The van der Waals surface area contributed by atoms with Crippen LogP contribution >= 0.6 is 11.3 Å².